The molecular weight excluding hydrogens is 320 g/mol. The Morgan fingerprint density at radius 2 is 1.92 bits per heavy atom. The summed E-state index contributed by atoms with van der Waals surface area (Å²) in [6, 6.07) is 8.89. The molecule has 0 saturated carbocycles. The lowest BCUT2D eigenvalue weighted by Crippen LogP contribution is -2.12. The number of imidazole rings is 1. The number of aromatic nitrogens is 4. The number of ether oxygens (including phenoxy) is 1. The Kier molecular flexibility index (Phi) is 4.60. The predicted octanol–water partition coefficient (Wildman–Crippen LogP) is 1.99. The first-order valence-electron chi connectivity index (χ1n) is 7.56. The van der Waals surface area contributed by atoms with Gasteiger partial charge in [0, 0.05) is 32.0 Å². The van der Waals surface area contributed by atoms with Gasteiger partial charge in [-0.25, -0.2) is 15.0 Å². The molecule has 0 fully saturated rings. The molecule has 1 aromatic carbocycles. The summed E-state index contributed by atoms with van der Waals surface area (Å²) in [5.41, 5.74) is 0.957. The standard InChI is InChI=1S/C17H18N6O2/c1-22(2)15-8-16(19-10-18-15)23-9-14(20-11-23)17(24)21-12-4-6-13(25-3)7-5-12/h4-11H,1-3H3,(H,21,24). The van der Waals surface area contributed by atoms with Crippen LogP contribution in [0.5, 0.6) is 5.75 Å². The summed E-state index contributed by atoms with van der Waals surface area (Å²) in [6.45, 7) is 0. The van der Waals surface area contributed by atoms with E-state index in [1.165, 1.54) is 6.33 Å². The van der Waals surface area contributed by atoms with Crippen molar-refractivity contribution < 1.29 is 9.53 Å². The first kappa shape index (κ1) is 16.4. The van der Waals surface area contributed by atoms with Crippen LogP contribution in [-0.2, 0) is 0 Å². The van der Waals surface area contributed by atoms with Gasteiger partial charge in [0.2, 0.25) is 0 Å². The Labute approximate surface area is 145 Å². The molecule has 2 aromatic heterocycles. The highest BCUT2D eigenvalue weighted by Gasteiger charge is 2.11. The van der Waals surface area contributed by atoms with Crippen molar-refractivity contribution in [1.29, 1.82) is 0 Å². The van der Waals surface area contributed by atoms with Crippen molar-refractivity contribution >= 4 is 17.4 Å². The fourth-order valence-electron chi connectivity index (χ4n) is 2.16. The normalized spacial score (nSPS) is 10.4. The van der Waals surface area contributed by atoms with Crippen molar-refractivity contribution in [2.75, 3.05) is 31.4 Å². The maximum absolute atomic E-state index is 12.3. The number of nitrogens with one attached hydrogen (secondary N) is 1. The summed E-state index contributed by atoms with van der Waals surface area (Å²) in [7, 11) is 5.39. The SMILES string of the molecule is COc1ccc(NC(=O)c2cn(-c3cc(N(C)C)ncn3)cn2)cc1. The topological polar surface area (TPSA) is 85.2 Å². The van der Waals surface area contributed by atoms with Crippen LogP contribution in [0.15, 0.2) is 49.2 Å². The van der Waals surface area contributed by atoms with Gasteiger partial charge in [-0.05, 0) is 24.3 Å². The predicted molar refractivity (Wildman–Crippen MR) is 94.4 cm³/mol. The molecule has 0 aliphatic rings. The maximum atomic E-state index is 12.3. The minimum absolute atomic E-state index is 0.292. The average Bonchev–Trinajstić information content (AvgIpc) is 3.13. The molecule has 8 nitrogen and oxygen atoms in total. The second kappa shape index (κ2) is 7.00. The number of nitrogens with zero attached hydrogens (tertiary/aromatic N) is 5. The molecule has 2 heterocycles. The highest BCUT2D eigenvalue weighted by atomic mass is 16.5. The monoisotopic (exact) mass is 338 g/mol. The molecule has 128 valence electrons. The Bertz CT molecular complexity index is 873. The number of anilines is 2. The molecule has 8 heteroatoms. The van der Waals surface area contributed by atoms with Crippen LogP contribution >= 0.6 is 0 Å². The van der Waals surface area contributed by atoms with Crippen LogP contribution < -0.4 is 15.0 Å². The van der Waals surface area contributed by atoms with E-state index in [1.54, 1.807) is 48.5 Å². The summed E-state index contributed by atoms with van der Waals surface area (Å²) in [6.07, 6.45) is 4.65. The summed E-state index contributed by atoms with van der Waals surface area (Å²) in [4.78, 5) is 26.7. The van der Waals surface area contributed by atoms with Gasteiger partial charge < -0.3 is 15.0 Å². The zero-order valence-electron chi connectivity index (χ0n) is 14.2. The van der Waals surface area contributed by atoms with Gasteiger partial charge in [0.05, 0.1) is 7.11 Å². The zero-order chi connectivity index (χ0) is 17.8. The van der Waals surface area contributed by atoms with Gasteiger partial charge in [0.15, 0.2) is 0 Å². The number of rotatable bonds is 5. The van der Waals surface area contributed by atoms with E-state index >= 15 is 0 Å². The van der Waals surface area contributed by atoms with Gasteiger partial charge in [0.1, 0.15) is 35.7 Å². The van der Waals surface area contributed by atoms with Crippen molar-refractivity contribution in [1.82, 2.24) is 19.5 Å². The van der Waals surface area contributed by atoms with Crippen LogP contribution in [0.3, 0.4) is 0 Å². The van der Waals surface area contributed by atoms with Gasteiger partial charge in [-0.1, -0.05) is 0 Å². The molecule has 3 rings (SSSR count). The number of amides is 1. The second-order valence-corrected chi connectivity index (χ2v) is 5.48. The van der Waals surface area contributed by atoms with E-state index in [0.29, 0.717) is 17.2 Å². The van der Waals surface area contributed by atoms with Crippen LogP contribution in [0.4, 0.5) is 11.5 Å². The lowest BCUT2D eigenvalue weighted by molar-refractivity contribution is 0.102. The summed E-state index contributed by atoms with van der Waals surface area (Å²) >= 11 is 0. The Balaban J connectivity index is 1.76. The number of carbonyl (C=O) groups is 1. The summed E-state index contributed by atoms with van der Waals surface area (Å²) in [5, 5.41) is 2.79. The van der Waals surface area contributed by atoms with E-state index in [1.807, 2.05) is 25.1 Å². The third kappa shape index (κ3) is 3.74. The van der Waals surface area contributed by atoms with Crippen LogP contribution in [0.2, 0.25) is 0 Å². The van der Waals surface area contributed by atoms with Crippen LogP contribution in [0.1, 0.15) is 10.5 Å². The van der Waals surface area contributed by atoms with Crippen molar-refractivity contribution in [3.63, 3.8) is 0 Å². The smallest absolute Gasteiger partial charge is 0.275 e. The van der Waals surface area contributed by atoms with Gasteiger partial charge in [0.25, 0.3) is 5.91 Å². The largest absolute Gasteiger partial charge is 0.497 e. The molecule has 0 radical (unpaired) electrons. The van der Waals surface area contributed by atoms with Crippen molar-refractivity contribution in [3.05, 3.63) is 54.9 Å². The first-order chi connectivity index (χ1) is 12.1. The molecule has 0 aliphatic heterocycles. The number of methoxy groups -OCH3 is 1. The molecule has 0 bridgehead atoms. The third-order valence-corrected chi connectivity index (χ3v) is 3.52. The summed E-state index contributed by atoms with van der Waals surface area (Å²) < 4.78 is 6.77. The third-order valence-electron chi connectivity index (χ3n) is 3.52. The molecule has 1 amide bonds. The number of carbonyl (C=O) groups excluding carboxylic acids is 1. The van der Waals surface area contributed by atoms with Crippen molar-refractivity contribution in [3.8, 4) is 11.6 Å². The van der Waals surface area contributed by atoms with Crippen LogP contribution in [-0.4, -0.2) is 46.6 Å². The van der Waals surface area contributed by atoms with E-state index in [4.69, 9.17) is 4.74 Å². The van der Waals surface area contributed by atoms with Crippen LogP contribution in [0.25, 0.3) is 5.82 Å². The van der Waals surface area contributed by atoms with Gasteiger partial charge in [-0.15, -0.1) is 0 Å². The highest BCUT2D eigenvalue weighted by molar-refractivity contribution is 6.02. The van der Waals surface area contributed by atoms with Gasteiger partial charge in [-0.2, -0.15) is 0 Å². The molecule has 0 aliphatic carbocycles. The first-order valence-corrected chi connectivity index (χ1v) is 7.56. The quantitative estimate of drug-likeness (QED) is 0.766. The number of hydrogen-bond acceptors (Lipinski definition) is 6. The Morgan fingerprint density at radius 3 is 2.60 bits per heavy atom. The van der Waals surface area contributed by atoms with Crippen molar-refractivity contribution in [2.24, 2.45) is 0 Å². The Hall–Kier alpha value is -3.42. The van der Waals surface area contributed by atoms with Crippen LogP contribution in [0, 0.1) is 0 Å². The fraction of sp³-hybridized carbons (Fsp3) is 0.176. The molecule has 0 spiro atoms. The van der Waals surface area contributed by atoms with Crippen molar-refractivity contribution in [2.45, 2.75) is 0 Å². The summed E-state index contributed by atoms with van der Waals surface area (Å²) in [5.74, 6) is 1.83. The second-order valence-electron chi connectivity index (χ2n) is 5.48. The fourth-order valence-corrected chi connectivity index (χ4v) is 2.16. The highest BCUT2D eigenvalue weighted by Crippen LogP contribution is 2.16. The molecule has 0 atom stereocenters. The number of hydrogen-bond donors (Lipinski definition) is 1. The molecule has 0 saturated heterocycles. The molecule has 25 heavy (non-hydrogen) atoms. The molecular formula is C17H18N6O2. The minimum atomic E-state index is -0.300. The average molecular weight is 338 g/mol. The van der Waals surface area contributed by atoms with E-state index in [9.17, 15) is 4.79 Å². The van der Waals surface area contributed by atoms with E-state index in [2.05, 4.69) is 20.3 Å². The lowest BCUT2D eigenvalue weighted by Gasteiger charge is -2.11. The zero-order valence-corrected chi connectivity index (χ0v) is 14.2. The maximum Gasteiger partial charge on any atom is 0.275 e. The molecule has 0 unspecified atom stereocenters. The lowest BCUT2D eigenvalue weighted by atomic mass is 10.3. The molecule has 1 N–H and O–H groups in total. The molecule has 3 aromatic rings. The van der Waals surface area contributed by atoms with E-state index in [-0.39, 0.29) is 5.91 Å². The number of benzene rings is 1. The van der Waals surface area contributed by atoms with Gasteiger partial charge in [-0.3, -0.25) is 9.36 Å². The van der Waals surface area contributed by atoms with Gasteiger partial charge >= 0.3 is 0 Å². The minimum Gasteiger partial charge on any atom is -0.497 e. The van der Waals surface area contributed by atoms with E-state index < -0.39 is 0 Å². The Morgan fingerprint density at radius 1 is 1.16 bits per heavy atom. The van der Waals surface area contributed by atoms with E-state index in [0.717, 1.165) is 11.6 Å².